The quantitative estimate of drug-likeness (QED) is 0.943. The fourth-order valence-corrected chi connectivity index (χ4v) is 2.72. The number of rotatable bonds is 3. The number of halogens is 1. The van der Waals surface area contributed by atoms with Gasteiger partial charge in [-0.1, -0.05) is 23.7 Å². The van der Waals surface area contributed by atoms with Crippen molar-refractivity contribution < 1.29 is 9.90 Å². The summed E-state index contributed by atoms with van der Waals surface area (Å²) in [5.41, 5.74) is 2.58. The van der Waals surface area contributed by atoms with Crippen molar-refractivity contribution in [3.63, 3.8) is 0 Å². The standard InChI is InChI=1S/C16H18ClN3O2/c1-11(21)15-9-14-10-19(6-7-20(14)18-15)16(22)8-12-2-4-13(17)5-3-12/h2-5,9,11,21H,6-8,10H2,1H3/t11-/m1/s1. The van der Waals surface area contributed by atoms with Crippen LogP contribution < -0.4 is 0 Å². The third kappa shape index (κ3) is 3.15. The van der Waals surface area contributed by atoms with Crippen LogP contribution in [0.3, 0.4) is 0 Å². The molecule has 1 aromatic carbocycles. The van der Waals surface area contributed by atoms with Crippen LogP contribution >= 0.6 is 11.6 Å². The molecular formula is C16H18ClN3O2. The molecule has 1 aliphatic rings. The van der Waals surface area contributed by atoms with Gasteiger partial charge in [-0.3, -0.25) is 9.48 Å². The smallest absolute Gasteiger partial charge is 0.227 e. The molecule has 2 heterocycles. The average molecular weight is 320 g/mol. The van der Waals surface area contributed by atoms with Crippen LogP contribution in [0, 0.1) is 0 Å². The van der Waals surface area contributed by atoms with E-state index in [1.807, 2.05) is 27.8 Å². The summed E-state index contributed by atoms with van der Waals surface area (Å²) < 4.78 is 1.87. The third-order valence-electron chi connectivity index (χ3n) is 3.87. The molecule has 1 aliphatic heterocycles. The van der Waals surface area contributed by atoms with Crippen molar-refractivity contribution in [2.24, 2.45) is 0 Å². The first-order valence-electron chi connectivity index (χ1n) is 7.30. The van der Waals surface area contributed by atoms with Crippen molar-refractivity contribution in [2.75, 3.05) is 6.54 Å². The van der Waals surface area contributed by atoms with Crippen LogP contribution in [-0.4, -0.2) is 32.2 Å². The minimum atomic E-state index is -0.587. The predicted octanol–water partition coefficient (Wildman–Crippen LogP) is 2.17. The minimum absolute atomic E-state index is 0.0911. The van der Waals surface area contributed by atoms with Gasteiger partial charge >= 0.3 is 0 Å². The predicted molar refractivity (Wildman–Crippen MR) is 83.4 cm³/mol. The number of aliphatic hydroxyl groups excluding tert-OH is 1. The highest BCUT2D eigenvalue weighted by Gasteiger charge is 2.23. The summed E-state index contributed by atoms with van der Waals surface area (Å²) in [6, 6.07) is 9.21. The molecule has 116 valence electrons. The molecule has 0 aliphatic carbocycles. The zero-order chi connectivity index (χ0) is 15.7. The first-order chi connectivity index (χ1) is 10.5. The highest BCUT2D eigenvalue weighted by Crippen LogP contribution is 2.19. The molecule has 0 unspecified atom stereocenters. The lowest BCUT2D eigenvalue weighted by Crippen LogP contribution is -2.39. The van der Waals surface area contributed by atoms with Gasteiger partial charge in [-0.15, -0.1) is 0 Å². The Labute approximate surface area is 134 Å². The molecule has 1 amide bonds. The van der Waals surface area contributed by atoms with E-state index < -0.39 is 6.10 Å². The number of aromatic nitrogens is 2. The van der Waals surface area contributed by atoms with Crippen LogP contribution in [0.25, 0.3) is 0 Å². The van der Waals surface area contributed by atoms with Gasteiger partial charge in [-0.2, -0.15) is 5.10 Å². The van der Waals surface area contributed by atoms with Crippen molar-refractivity contribution in [1.29, 1.82) is 0 Å². The molecule has 22 heavy (non-hydrogen) atoms. The topological polar surface area (TPSA) is 58.4 Å². The summed E-state index contributed by atoms with van der Waals surface area (Å²) in [4.78, 5) is 14.2. The summed E-state index contributed by atoms with van der Waals surface area (Å²) in [6.45, 7) is 3.53. The van der Waals surface area contributed by atoms with Gasteiger partial charge < -0.3 is 10.0 Å². The highest BCUT2D eigenvalue weighted by molar-refractivity contribution is 6.30. The Morgan fingerprint density at radius 2 is 2.09 bits per heavy atom. The Morgan fingerprint density at radius 3 is 2.77 bits per heavy atom. The van der Waals surface area contributed by atoms with Crippen LogP contribution in [0.2, 0.25) is 5.02 Å². The second kappa shape index (κ2) is 6.10. The van der Waals surface area contributed by atoms with Crippen molar-refractivity contribution >= 4 is 17.5 Å². The van der Waals surface area contributed by atoms with Crippen LogP contribution in [0.4, 0.5) is 0 Å². The van der Waals surface area contributed by atoms with E-state index in [0.717, 1.165) is 11.3 Å². The normalized spacial score (nSPS) is 15.5. The maximum Gasteiger partial charge on any atom is 0.227 e. The number of amides is 1. The molecule has 1 N–H and O–H groups in total. The molecule has 0 radical (unpaired) electrons. The fraction of sp³-hybridized carbons (Fsp3) is 0.375. The van der Waals surface area contributed by atoms with E-state index >= 15 is 0 Å². The van der Waals surface area contributed by atoms with Gasteiger partial charge in [0.15, 0.2) is 0 Å². The molecule has 0 saturated carbocycles. The number of benzene rings is 1. The second-order valence-corrected chi connectivity index (χ2v) is 6.01. The van der Waals surface area contributed by atoms with E-state index in [-0.39, 0.29) is 5.91 Å². The molecule has 3 rings (SSSR count). The summed E-state index contributed by atoms with van der Waals surface area (Å²) in [5, 5.41) is 14.6. The van der Waals surface area contributed by atoms with E-state index in [1.54, 1.807) is 19.1 Å². The summed E-state index contributed by atoms with van der Waals surface area (Å²) in [6.07, 6.45) is -0.217. The number of fused-ring (bicyclic) bond motifs is 1. The van der Waals surface area contributed by atoms with E-state index in [1.165, 1.54) is 0 Å². The van der Waals surface area contributed by atoms with Crippen LogP contribution in [0.15, 0.2) is 30.3 Å². The molecule has 5 nitrogen and oxygen atoms in total. The number of hydrogen-bond donors (Lipinski definition) is 1. The third-order valence-corrected chi connectivity index (χ3v) is 4.12. The Balaban J connectivity index is 1.68. The van der Waals surface area contributed by atoms with Gasteiger partial charge in [-0.05, 0) is 30.7 Å². The monoisotopic (exact) mass is 319 g/mol. The van der Waals surface area contributed by atoms with Gasteiger partial charge in [0.05, 0.1) is 37.0 Å². The summed E-state index contributed by atoms with van der Waals surface area (Å²) in [7, 11) is 0. The maximum absolute atomic E-state index is 12.4. The first kappa shape index (κ1) is 15.1. The molecule has 6 heteroatoms. The number of nitrogens with zero attached hydrogens (tertiary/aromatic N) is 3. The molecule has 1 aromatic heterocycles. The van der Waals surface area contributed by atoms with E-state index in [0.29, 0.717) is 36.8 Å². The maximum atomic E-state index is 12.4. The van der Waals surface area contributed by atoms with Crippen LogP contribution in [0.1, 0.15) is 30.0 Å². The SMILES string of the molecule is C[C@@H](O)c1cc2n(n1)CCN(C(=O)Cc1ccc(Cl)cc1)C2. The van der Waals surface area contributed by atoms with E-state index in [2.05, 4.69) is 5.10 Å². The van der Waals surface area contributed by atoms with Gasteiger partial charge in [0.25, 0.3) is 0 Å². The lowest BCUT2D eigenvalue weighted by Gasteiger charge is -2.27. The van der Waals surface area contributed by atoms with Crippen molar-refractivity contribution in [3.05, 3.63) is 52.3 Å². The Bertz CT molecular complexity index is 679. The van der Waals surface area contributed by atoms with Gasteiger partial charge in [-0.25, -0.2) is 0 Å². The van der Waals surface area contributed by atoms with Gasteiger partial charge in [0, 0.05) is 11.6 Å². The largest absolute Gasteiger partial charge is 0.387 e. The number of carbonyl (C=O) groups is 1. The van der Waals surface area contributed by atoms with E-state index in [9.17, 15) is 9.90 Å². The lowest BCUT2D eigenvalue weighted by atomic mass is 10.1. The minimum Gasteiger partial charge on any atom is -0.387 e. The molecule has 0 fully saturated rings. The average Bonchev–Trinajstić information content (AvgIpc) is 2.93. The van der Waals surface area contributed by atoms with E-state index in [4.69, 9.17) is 11.6 Å². The fourth-order valence-electron chi connectivity index (χ4n) is 2.59. The molecule has 0 spiro atoms. The molecular weight excluding hydrogens is 302 g/mol. The highest BCUT2D eigenvalue weighted by atomic mass is 35.5. The second-order valence-electron chi connectivity index (χ2n) is 5.58. The van der Waals surface area contributed by atoms with Crippen molar-refractivity contribution in [2.45, 2.75) is 32.5 Å². The Hall–Kier alpha value is -1.85. The van der Waals surface area contributed by atoms with Crippen LogP contribution in [-0.2, 0) is 24.3 Å². The van der Waals surface area contributed by atoms with Crippen molar-refractivity contribution in [3.8, 4) is 0 Å². The molecule has 0 bridgehead atoms. The zero-order valence-electron chi connectivity index (χ0n) is 12.4. The number of carbonyl (C=O) groups excluding carboxylic acids is 1. The summed E-state index contributed by atoms with van der Waals surface area (Å²) >= 11 is 5.86. The summed E-state index contributed by atoms with van der Waals surface area (Å²) in [5.74, 6) is 0.0911. The lowest BCUT2D eigenvalue weighted by molar-refractivity contribution is -0.132. The van der Waals surface area contributed by atoms with Gasteiger partial charge in [0.1, 0.15) is 0 Å². The van der Waals surface area contributed by atoms with Crippen LogP contribution in [0.5, 0.6) is 0 Å². The Kier molecular flexibility index (Phi) is 4.18. The number of aliphatic hydroxyl groups is 1. The number of hydrogen-bond acceptors (Lipinski definition) is 3. The van der Waals surface area contributed by atoms with Crippen molar-refractivity contribution in [1.82, 2.24) is 14.7 Å². The molecule has 0 saturated heterocycles. The van der Waals surface area contributed by atoms with Gasteiger partial charge in [0.2, 0.25) is 5.91 Å². The Morgan fingerprint density at radius 1 is 1.36 bits per heavy atom. The molecule has 2 aromatic rings. The molecule has 1 atom stereocenters. The first-order valence-corrected chi connectivity index (χ1v) is 7.67. The zero-order valence-corrected chi connectivity index (χ0v) is 13.1.